The van der Waals surface area contributed by atoms with Crippen LogP contribution < -0.4 is 11.2 Å². The largest absolute Gasteiger partial charge is 0.481 e. The van der Waals surface area contributed by atoms with Gasteiger partial charge in [0.25, 0.3) is 0 Å². The van der Waals surface area contributed by atoms with E-state index in [1.54, 1.807) is 35.5 Å². The number of methoxy groups -OCH3 is 2. The summed E-state index contributed by atoms with van der Waals surface area (Å²) in [7, 11) is 4.98. The van der Waals surface area contributed by atoms with Gasteiger partial charge in [-0.15, -0.1) is 0 Å². The molecule has 5 aromatic rings. The van der Waals surface area contributed by atoms with E-state index in [1.165, 1.54) is 44.5 Å². The van der Waals surface area contributed by atoms with E-state index in [9.17, 15) is 15.0 Å². The van der Waals surface area contributed by atoms with Crippen molar-refractivity contribution in [3.05, 3.63) is 125 Å². The molecule has 0 saturated carbocycles. The summed E-state index contributed by atoms with van der Waals surface area (Å²) in [4.78, 5) is 112. The van der Waals surface area contributed by atoms with Crippen LogP contribution in [-0.2, 0) is 191 Å². The van der Waals surface area contributed by atoms with E-state index in [2.05, 4.69) is 104 Å². The van der Waals surface area contributed by atoms with Gasteiger partial charge in [-0.1, -0.05) is 97.7 Å². The topological polar surface area (TPSA) is 407 Å². The van der Waals surface area contributed by atoms with Gasteiger partial charge in [-0.2, -0.15) is 0 Å². The van der Waals surface area contributed by atoms with Gasteiger partial charge in [0.05, 0.1) is 170 Å². The zero-order chi connectivity index (χ0) is 98.7. The lowest BCUT2D eigenvalue weighted by molar-refractivity contribution is -0.379. The lowest BCUT2D eigenvalue weighted by Gasteiger charge is -2.37. The minimum atomic E-state index is -1.08. The Morgan fingerprint density at radius 2 is 0.561 bits per heavy atom. The molecule has 0 heterocycles. The predicted octanol–water partition coefficient (Wildman–Crippen LogP) is 10.5. The van der Waals surface area contributed by atoms with Crippen molar-refractivity contribution in [3.63, 3.8) is 0 Å². The molecule has 0 bridgehead atoms. The van der Waals surface area contributed by atoms with Gasteiger partial charge in [0, 0.05) is 44.7 Å². The maximum Gasteiger partial charge on any atom is 0.330 e. The number of aryl methyl sites for hydroxylation is 1. The number of hydrogen-bond acceptors (Lipinski definition) is 38. The second kappa shape index (κ2) is 76.7. The van der Waals surface area contributed by atoms with E-state index in [0.717, 1.165) is 71.8 Å². The summed E-state index contributed by atoms with van der Waals surface area (Å²) in [5.41, 5.74) is 19.6. The molecule has 39 nitrogen and oxygen atoms in total. The monoisotopic (exact) mass is 1980 g/mol. The van der Waals surface area contributed by atoms with Crippen LogP contribution in [0.25, 0.3) is 44.5 Å². The van der Waals surface area contributed by atoms with Crippen molar-refractivity contribution < 1.29 is 184 Å². The van der Waals surface area contributed by atoms with Crippen LogP contribution in [-0.4, -0.2) is 360 Å². The maximum absolute atomic E-state index is 11.4. The Morgan fingerprint density at radius 1 is 0.302 bits per heavy atom. The maximum atomic E-state index is 11.4. The van der Waals surface area contributed by atoms with Crippen molar-refractivity contribution in [1.82, 2.24) is 0 Å². The molecule has 2 aliphatic carbocycles. The Bertz CT molecular complexity index is 3850. The van der Waals surface area contributed by atoms with E-state index >= 15 is 0 Å². The Kier molecular flexibility index (Phi) is 66.3. The molecule has 5 aromatic carbocycles. The highest BCUT2D eigenvalue weighted by Crippen LogP contribution is 2.57. The standard InChI is InChI=1S/C99H155BNO38/c1-96(2,104)97(3,4)139-100-86-22-26-88-87-23-20-84(77-91(87)98(5,92(88)80-86)27-8-9-30-101)85-21-25-90-89-24-19-83(82-17-15-81(16-18-82)13-10-14-95(102)103)78-93(89)99(94(90)79-85,28-11-31-107-36-37-110-40-41-112-44-45-114-48-49-116-52-53-118-55-54-117-51-50-115-47-46-113-43-42-111-39-38-109-35-33-105-6)29-12-32-108-56-58-120-122-60-62-124-126-64-66-128-130-68-70-132-134-72-74-136-138-76-75-137-135-73-71-133-131-69-67-129-127-65-63-125-123-61-59-121-119-57-34-106-7/h15-26,77-80,104H,8-14,27-76,101H2,1-7H3,(H,102,103). The number of aliphatic carboxylic acids is 1. The summed E-state index contributed by atoms with van der Waals surface area (Å²) in [6, 6.07) is 35.9. The molecule has 1 radical (unpaired) electrons. The third kappa shape index (κ3) is 50.2. The van der Waals surface area contributed by atoms with Crippen molar-refractivity contribution in [2.45, 2.75) is 121 Å². The predicted molar refractivity (Wildman–Crippen MR) is 507 cm³/mol. The number of benzene rings is 5. The van der Waals surface area contributed by atoms with E-state index in [0.29, 0.717) is 198 Å². The zero-order valence-corrected chi connectivity index (χ0v) is 82.8. The molecule has 2 atom stereocenters. The fourth-order valence-electron chi connectivity index (χ4n) is 14.5. The van der Waals surface area contributed by atoms with Crippen LogP contribution in [0.1, 0.15) is 120 Å². The first-order chi connectivity index (χ1) is 68.2. The molecule has 2 unspecified atom stereocenters. The molecule has 0 aliphatic heterocycles. The molecule has 139 heavy (non-hydrogen) atoms. The van der Waals surface area contributed by atoms with Crippen LogP contribution in [0.15, 0.2) is 97.1 Å². The van der Waals surface area contributed by atoms with Crippen LogP contribution in [0.4, 0.5) is 0 Å². The van der Waals surface area contributed by atoms with Gasteiger partial charge in [0.2, 0.25) is 0 Å². The second-order valence-corrected chi connectivity index (χ2v) is 33.0. The van der Waals surface area contributed by atoms with Crippen LogP contribution in [0.3, 0.4) is 0 Å². The molecular weight excluding hydrogens is 1820 g/mol. The zero-order valence-electron chi connectivity index (χ0n) is 82.8. The normalized spacial score (nSPS) is 14.5. The number of ether oxygens (including phenoxy) is 14. The Hall–Kier alpha value is -5.85. The van der Waals surface area contributed by atoms with Gasteiger partial charge in [-0.25, -0.2) is 97.8 Å². The van der Waals surface area contributed by atoms with E-state index in [1.807, 2.05) is 13.8 Å². The van der Waals surface area contributed by atoms with E-state index in [4.69, 9.17) is 174 Å². The Labute approximate surface area is 819 Å². The van der Waals surface area contributed by atoms with Crippen LogP contribution in [0.5, 0.6) is 0 Å². The van der Waals surface area contributed by atoms with Crippen molar-refractivity contribution in [2.75, 3.05) is 325 Å². The summed E-state index contributed by atoms with van der Waals surface area (Å²) in [6.07, 6.45) is 7.09. The minimum absolute atomic E-state index is 0.0790. The summed E-state index contributed by atoms with van der Waals surface area (Å²) in [6.45, 7) is 24.7. The smallest absolute Gasteiger partial charge is 0.330 e. The van der Waals surface area contributed by atoms with Crippen LogP contribution in [0, 0.1) is 0 Å². The van der Waals surface area contributed by atoms with Gasteiger partial charge in [0.1, 0.15) is 132 Å². The van der Waals surface area contributed by atoms with Crippen molar-refractivity contribution >= 4 is 18.9 Å². The molecule has 787 valence electrons. The summed E-state index contributed by atoms with van der Waals surface area (Å²) in [5, 5.41) is 20.4. The fraction of sp³-hybridized carbons (Fsp3) is 0.687. The van der Waals surface area contributed by atoms with Crippen molar-refractivity contribution in [1.29, 1.82) is 0 Å². The SMILES string of the molecule is COCCOCCOCCOCCOCCOCCOCCOCCOCCOCCOCCOCCCC1(CCCOCCOOCCOOCCOOCCOOCCOOCCOOCCOOCCOOCCOOCCOOCCOC)c2cc(-c3ccc(CCCC(=O)O)cc3)ccc2-c2ccc(-c3ccc4c(c3)C(C)(CCCCN)c3cc([B]OC(C)(C)C(C)(C)O)ccc3-4)cc21. The highest BCUT2D eigenvalue weighted by Gasteiger charge is 2.44. The van der Waals surface area contributed by atoms with Crippen molar-refractivity contribution in [3.8, 4) is 44.5 Å². The first-order valence-corrected chi connectivity index (χ1v) is 48.3. The summed E-state index contributed by atoms with van der Waals surface area (Å²) in [5.74, 6) is -0.801. The Balaban J connectivity index is 0.816. The highest BCUT2D eigenvalue weighted by atomic mass is 17.3. The number of carboxylic acid groups (broad SMARTS) is 1. The van der Waals surface area contributed by atoms with Crippen molar-refractivity contribution in [2.24, 2.45) is 5.73 Å². The molecule has 7 rings (SSSR count). The first-order valence-electron chi connectivity index (χ1n) is 48.3. The minimum Gasteiger partial charge on any atom is -0.481 e. The number of nitrogens with two attached hydrogens (primary N) is 1. The molecule has 0 spiro atoms. The fourth-order valence-corrected chi connectivity index (χ4v) is 14.5. The lowest BCUT2D eigenvalue weighted by atomic mass is 9.70. The summed E-state index contributed by atoms with van der Waals surface area (Å²) < 4.78 is 85.0. The summed E-state index contributed by atoms with van der Waals surface area (Å²) >= 11 is 0. The van der Waals surface area contributed by atoms with Gasteiger partial charge < -0.3 is 86.9 Å². The number of unbranched alkanes of at least 4 members (excludes halogenated alkanes) is 1. The molecule has 0 fully saturated rings. The van der Waals surface area contributed by atoms with Gasteiger partial charge >= 0.3 is 13.5 Å². The average molecular weight is 1980 g/mol. The number of rotatable bonds is 98. The number of carboxylic acids is 1. The number of carbonyl (C=O) groups is 1. The molecule has 4 N–H and O–H groups in total. The molecule has 2 aliphatic rings. The molecule has 0 aromatic heterocycles. The van der Waals surface area contributed by atoms with Crippen LogP contribution >= 0.6 is 0 Å². The van der Waals surface area contributed by atoms with Crippen LogP contribution in [0.2, 0.25) is 0 Å². The van der Waals surface area contributed by atoms with Gasteiger partial charge in [0.15, 0.2) is 0 Å². The quantitative estimate of drug-likeness (QED) is 0.0141. The third-order valence-electron chi connectivity index (χ3n) is 22.2. The Morgan fingerprint density at radius 3 is 0.878 bits per heavy atom. The number of aliphatic hydroxyl groups is 1. The number of hydrogen-bond donors (Lipinski definition) is 3. The number of fused-ring (bicyclic) bond motifs is 6. The molecule has 40 heteroatoms. The van der Waals surface area contributed by atoms with Gasteiger partial charge in [-0.05, 0) is 176 Å². The van der Waals surface area contributed by atoms with E-state index < -0.39 is 22.6 Å². The van der Waals surface area contributed by atoms with Gasteiger partial charge in [-0.3, -0.25) is 4.79 Å². The average Bonchev–Trinajstić information content (AvgIpc) is 1.55. The molecule has 0 amide bonds. The molecule has 0 saturated heterocycles. The third-order valence-corrected chi connectivity index (χ3v) is 22.2. The lowest BCUT2D eigenvalue weighted by Crippen LogP contribution is -2.49. The molecular formula is C99H155BNO38. The van der Waals surface area contributed by atoms with E-state index in [-0.39, 0.29) is 144 Å². The first kappa shape index (κ1) is 120. The highest BCUT2D eigenvalue weighted by molar-refractivity contribution is 6.47. The second-order valence-electron chi connectivity index (χ2n) is 33.0.